The molecule has 1 aliphatic carbocycles. The average Bonchev–Trinajstić information content (AvgIpc) is 3.49. The number of hydrogen-bond donors (Lipinski definition) is 1. The van der Waals surface area contributed by atoms with E-state index in [1.54, 1.807) is 0 Å². The normalized spacial score (nSPS) is 14.1. The number of nitrogens with zero attached hydrogens (tertiary/aromatic N) is 1. The van der Waals surface area contributed by atoms with Crippen molar-refractivity contribution in [2.45, 2.75) is 31.7 Å². The predicted octanol–water partition coefficient (Wildman–Crippen LogP) is 10.00. The first kappa shape index (κ1) is 25.8. The van der Waals surface area contributed by atoms with E-state index in [9.17, 15) is 0 Å². The van der Waals surface area contributed by atoms with E-state index in [0.717, 1.165) is 17.7 Å². The molecule has 2 nitrogen and oxygen atoms in total. The Hall–Kier alpha value is -4.92. The van der Waals surface area contributed by atoms with Crippen molar-refractivity contribution in [2.24, 2.45) is 5.73 Å². The first-order valence-corrected chi connectivity index (χ1v) is 15.2. The largest absolute Gasteiger partial charge is 0.324 e. The Morgan fingerprint density at radius 3 is 2.12 bits per heavy atom. The zero-order valence-corrected chi connectivity index (χ0v) is 24.6. The second-order valence-electron chi connectivity index (χ2n) is 12.4. The van der Waals surface area contributed by atoms with Crippen LogP contribution in [-0.4, -0.2) is 4.57 Å². The van der Waals surface area contributed by atoms with Gasteiger partial charge in [-0.15, -0.1) is 0 Å². The summed E-state index contributed by atoms with van der Waals surface area (Å²) in [6, 6.07) is 50.7. The summed E-state index contributed by atoms with van der Waals surface area (Å²) < 4.78 is 2.45. The molecule has 8 rings (SSSR count). The van der Waals surface area contributed by atoms with Crippen LogP contribution < -0.4 is 5.73 Å². The van der Waals surface area contributed by atoms with Gasteiger partial charge in [0.2, 0.25) is 0 Å². The highest BCUT2D eigenvalue weighted by atomic mass is 15.0. The fourth-order valence-electron chi connectivity index (χ4n) is 7.20. The van der Waals surface area contributed by atoms with Crippen molar-refractivity contribution in [3.63, 3.8) is 0 Å². The minimum Gasteiger partial charge on any atom is -0.324 e. The summed E-state index contributed by atoms with van der Waals surface area (Å²) in [4.78, 5) is 0. The number of nitrogens with two attached hydrogens (primary N) is 1. The lowest BCUT2D eigenvalue weighted by Crippen LogP contribution is -2.14. The third kappa shape index (κ3) is 4.13. The van der Waals surface area contributed by atoms with Gasteiger partial charge in [0.05, 0.1) is 11.0 Å². The highest BCUT2D eigenvalue weighted by molar-refractivity contribution is 6.12. The van der Waals surface area contributed by atoms with Gasteiger partial charge < -0.3 is 10.3 Å². The molecule has 0 saturated heterocycles. The van der Waals surface area contributed by atoms with Crippen molar-refractivity contribution < 1.29 is 0 Å². The zero-order chi connectivity index (χ0) is 29.1. The smallest absolute Gasteiger partial charge is 0.0547 e. The van der Waals surface area contributed by atoms with Crippen LogP contribution >= 0.6 is 0 Å². The Bertz CT molecular complexity index is 2130. The van der Waals surface area contributed by atoms with Crippen LogP contribution in [-0.2, 0) is 11.8 Å². The molecule has 6 aromatic carbocycles. The molecule has 2 heteroatoms. The second kappa shape index (κ2) is 9.83. The molecule has 7 aromatic rings. The molecule has 1 atom stereocenters. The van der Waals surface area contributed by atoms with Gasteiger partial charge in [-0.1, -0.05) is 117 Å². The van der Waals surface area contributed by atoms with E-state index in [1.807, 2.05) is 6.07 Å². The molecule has 0 bridgehead atoms. The van der Waals surface area contributed by atoms with Crippen LogP contribution in [0.5, 0.6) is 0 Å². The molecule has 0 spiro atoms. The molecule has 0 aliphatic heterocycles. The predicted molar refractivity (Wildman–Crippen MR) is 181 cm³/mol. The third-order valence-electron chi connectivity index (χ3n) is 9.43. The van der Waals surface area contributed by atoms with Crippen LogP contribution in [0.1, 0.15) is 42.1 Å². The molecule has 0 amide bonds. The summed E-state index contributed by atoms with van der Waals surface area (Å²) in [6.07, 6.45) is 0.782. The van der Waals surface area contributed by atoms with E-state index in [4.69, 9.17) is 5.73 Å². The topological polar surface area (TPSA) is 30.9 Å². The molecule has 0 fully saturated rings. The molecule has 0 unspecified atom stereocenters. The number of aromatic nitrogens is 1. The van der Waals surface area contributed by atoms with E-state index < -0.39 is 0 Å². The molecule has 0 saturated carbocycles. The lowest BCUT2D eigenvalue weighted by Gasteiger charge is -2.21. The first-order chi connectivity index (χ1) is 21.0. The highest BCUT2D eigenvalue weighted by Gasteiger charge is 2.36. The van der Waals surface area contributed by atoms with Crippen molar-refractivity contribution in [3.8, 4) is 27.9 Å². The summed E-state index contributed by atoms with van der Waals surface area (Å²) in [5.41, 5.74) is 20.6. The molecular weight excluding hydrogens is 520 g/mol. The van der Waals surface area contributed by atoms with Crippen molar-refractivity contribution in [1.82, 2.24) is 4.57 Å². The van der Waals surface area contributed by atoms with E-state index in [0.29, 0.717) is 0 Å². The minimum atomic E-state index is -0.0565. The van der Waals surface area contributed by atoms with Gasteiger partial charge in [-0.05, 0) is 87.3 Å². The molecule has 1 aliphatic rings. The van der Waals surface area contributed by atoms with Crippen molar-refractivity contribution in [2.75, 3.05) is 0 Å². The lowest BCUT2D eigenvalue weighted by atomic mass is 9.82. The second-order valence-corrected chi connectivity index (χ2v) is 12.4. The molecule has 1 heterocycles. The van der Waals surface area contributed by atoms with E-state index in [-0.39, 0.29) is 11.5 Å². The fourth-order valence-corrected chi connectivity index (χ4v) is 7.20. The average molecular weight is 555 g/mol. The van der Waals surface area contributed by atoms with Crippen LogP contribution in [0.15, 0.2) is 140 Å². The quantitative estimate of drug-likeness (QED) is 0.225. The minimum absolute atomic E-state index is 0.0509. The zero-order valence-electron chi connectivity index (χ0n) is 24.6. The summed E-state index contributed by atoms with van der Waals surface area (Å²) in [5.74, 6) is 0. The maximum Gasteiger partial charge on any atom is 0.0547 e. The Labute approximate surface area is 253 Å². The summed E-state index contributed by atoms with van der Waals surface area (Å²) in [6.45, 7) is 4.72. The van der Waals surface area contributed by atoms with Gasteiger partial charge in [0.1, 0.15) is 0 Å². The monoisotopic (exact) mass is 554 g/mol. The van der Waals surface area contributed by atoms with Gasteiger partial charge in [-0.2, -0.15) is 0 Å². The van der Waals surface area contributed by atoms with E-state index in [1.165, 1.54) is 60.8 Å². The Balaban J connectivity index is 1.35. The number of hydrogen-bond acceptors (Lipinski definition) is 1. The molecule has 0 radical (unpaired) electrons. The van der Waals surface area contributed by atoms with Gasteiger partial charge >= 0.3 is 0 Å². The maximum absolute atomic E-state index is 6.67. The Morgan fingerprint density at radius 1 is 0.581 bits per heavy atom. The maximum atomic E-state index is 6.67. The SMILES string of the molecule is CC1(C)c2ccccc2-c2cc3c(cc21)c1cc(-c2ccccc2)ccc1n3-c1cccc(C[C@@H](N)c2ccccc2)c1. The van der Waals surface area contributed by atoms with Gasteiger partial charge in [0.15, 0.2) is 0 Å². The van der Waals surface area contributed by atoms with Gasteiger partial charge in [-0.25, -0.2) is 0 Å². The molecule has 1 aromatic heterocycles. The molecule has 208 valence electrons. The van der Waals surface area contributed by atoms with Crippen molar-refractivity contribution in [1.29, 1.82) is 0 Å². The van der Waals surface area contributed by atoms with Gasteiger partial charge in [0, 0.05) is 27.9 Å². The lowest BCUT2D eigenvalue weighted by molar-refractivity contribution is 0.661. The molecular formula is C41H34N2. The van der Waals surface area contributed by atoms with Gasteiger partial charge in [0.25, 0.3) is 0 Å². The summed E-state index contributed by atoms with van der Waals surface area (Å²) in [7, 11) is 0. The summed E-state index contributed by atoms with van der Waals surface area (Å²) in [5, 5.41) is 2.57. The van der Waals surface area contributed by atoms with Crippen LogP contribution in [0.3, 0.4) is 0 Å². The Morgan fingerprint density at radius 2 is 1.30 bits per heavy atom. The van der Waals surface area contributed by atoms with Crippen LogP contribution in [0, 0.1) is 0 Å². The van der Waals surface area contributed by atoms with Crippen molar-refractivity contribution >= 4 is 21.8 Å². The van der Waals surface area contributed by atoms with Crippen LogP contribution in [0.2, 0.25) is 0 Å². The molecule has 43 heavy (non-hydrogen) atoms. The first-order valence-electron chi connectivity index (χ1n) is 15.2. The van der Waals surface area contributed by atoms with Crippen LogP contribution in [0.25, 0.3) is 49.7 Å². The molecule has 2 N–H and O–H groups in total. The van der Waals surface area contributed by atoms with E-state index >= 15 is 0 Å². The fraction of sp³-hybridized carbons (Fsp3) is 0.122. The third-order valence-corrected chi connectivity index (χ3v) is 9.43. The number of fused-ring (bicyclic) bond motifs is 6. The Kier molecular flexibility index (Phi) is 5.89. The van der Waals surface area contributed by atoms with E-state index in [2.05, 4.69) is 152 Å². The highest BCUT2D eigenvalue weighted by Crippen LogP contribution is 2.51. The van der Waals surface area contributed by atoms with Crippen molar-refractivity contribution in [3.05, 3.63) is 162 Å². The summed E-state index contributed by atoms with van der Waals surface area (Å²) >= 11 is 0. The number of rotatable bonds is 5. The van der Waals surface area contributed by atoms with Gasteiger partial charge in [-0.3, -0.25) is 0 Å². The standard InChI is InChI=1S/C41H34N2/c1-41(2)36-19-10-9-18-32(36)33-26-40-35(25-37(33)41)34-24-30(28-13-5-3-6-14-28)20-21-39(34)43(40)31-17-11-12-27(22-31)23-38(42)29-15-7-4-8-16-29/h3-22,24-26,38H,23,42H2,1-2H3/t38-/m1/s1. The van der Waals surface area contributed by atoms with Crippen LogP contribution in [0.4, 0.5) is 0 Å². The number of benzene rings is 6.